The molecule has 1 fully saturated rings. The van der Waals surface area contributed by atoms with Crippen LogP contribution in [-0.4, -0.2) is 44.3 Å². The summed E-state index contributed by atoms with van der Waals surface area (Å²) in [5.41, 5.74) is 1.17. The maximum absolute atomic E-state index is 13.0. The third kappa shape index (κ3) is 5.06. The maximum Gasteiger partial charge on any atom is 0.123 e. The van der Waals surface area contributed by atoms with E-state index in [0.29, 0.717) is 12.1 Å². The SMILES string of the molecule is CCNC(CCN1CCC(OC)CC1)c1ccc(F)cc1. The summed E-state index contributed by atoms with van der Waals surface area (Å²) < 4.78 is 18.5. The first kappa shape index (κ1) is 16.4. The number of nitrogens with zero attached hydrogens (tertiary/aromatic N) is 1. The van der Waals surface area contributed by atoms with Gasteiger partial charge in [0, 0.05) is 26.2 Å². The Kier molecular flexibility index (Phi) is 6.61. The van der Waals surface area contributed by atoms with Gasteiger partial charge in [-0.1, -0.05) is 19.1 Å². The van der Waals surface area contributed by atoms with Crippen LogP contribution in [0.25, 0.3) is 0 Å². The van der Waals surface area contributed by atoms with Crippen molar-refractivity contribution in [1.82, 2.24) is 10.2 Å². The number of likely N-dealkylation sites (tertiary alicyclic amines) is 1. The van der Waals surface area contributed by atoms with Gasteiger partial charge < -0.3 is 15.0 Å². The van der Waals surface area contributed by atoms with E-state index in [1.54, 1.807) is 19.2 Å². The fourth-order valence-corrected chi connectivity index (χ4v) is 3.01. The highest BCUT2D eigenvalue weighted by Crippen LogP contribution is 2.20. The van der Waals surface area contributed by atoms with E-state index in [1.165, 1.54) is 5.56 Å². The van der Waals surface area contributed by atoms with E-state index in [9.17, 15) is 4.39 Å². The van der Waals surface area contributed by atoms with Crippen LogP contribution in [0.4, 0.5) is 4.39 Å². The topological polar surface area (TPSA) is 24.5 Å². The van der Waals surface area contributed by atoms with Gasteiger partial charge in [0.1, 0.15) is 5.82 Å². The van der Waals surface area contributed by atoms with Gasteiger partial charge in [-0.2, -0.15) is 0 Å². The van der Waals surface area contributed by atoms with Crippen LogP contribution in [0.15, 0.2) is 24.3 Å². The Balaban J connectivity index is 1.84. The van der Waals surface area contributed by atoms with Gasteiger partial charge in [0.15, 0.2) is 0 Å². The molecule has 3 nitrogen and oxygen atoms in total. The van der Waals surface area contributed by atoms with E-state index in [4.69, 9.17) is 4.74 Å². The lowest BCUT2D eigenvalue weighted by Crippen LogP contribution is -2.38. The number of benzene rings is 1. The van der Waals surface area contributed by atoms with E-state index >= 15 is 0 Å². The van der Waals surface area contributed by atoms with Gasteiger partial charge in [0.25, 0.3) is 0 Å². The fraction of sp³-hybridized carbons (Fsp3) is 0.647. The minimum atomic E-state index is -0.171. The van der Waals surface area contributed by atoms with Crippen LogP contribution in [0.1, 0.15) is 37.8 Å². The van der Waals surface area contributed by atoms with Crippen LogP contribution in [0, 0.1) is 5.82 Å². The highest BCUT2D eigenvalue weighted by molar-refractivity contribution is 5.19. The molecule has 0 amide bonds. The van der Waals surface area contributed by atoms with Crippen molar-refractivity contribution in [3.63, 3.8) is 0 Å². The van der Waals surface area contributed by atoms with Gasteiger partial charge in [-0.15, -0.1) is 0 Å². The summed E-state index contributed by atoms with van der Waals surface area (Å²) >= 11 is 0. The van der Waals surface area contributed by atoms with Crippen LogP contribution < -0.4 is 5.32 Å². The Morgan fingerprint density at radius 1 is 1.29 bits per heavy atom. The lowest BCUT2D eigenvalue weighted by atomic mass is 10.0. The average Bonchev–Trinajstić information content (AvgIpc) is 2.53. The first-order valence-electron chi connectivity index (χ1n) is 7.97. The van der Waals surface area contributed by atoms with Gasteiger partial charge in [0.05, 0.1) is 6.10 Å². The second-order valence-corrected chi connectivity index (χ2v) is 5.73. The molecule has 4 heteroatoms. The standard InChI is InChI=1S/C17H27FN2O/c1-3-19-17(14-4-6-15(18)7-5-14)10-13-20-11-8-16(21-2)9-12-20/h4-7,16-17,19H,3,8-13H2,1-2H3. The van der Waals surface area contributed by atoms with Crippen molar-refractivity contribution < 1.29 is 9.13 Å². The lowest BCUT2D eigenvalue weighted by Gasteiger charge is -2.32. The molecule has 0 spiro atoms. The summed E-state index contributed by atoms with van der Waals surface area (Å²) in [7, 11) is 1.80. The van der Waals surface area contributed by atoms with Crippen molar-refractivity contribution >= 4 is 0 Å². The number of hydrogen-bond donors (Lipinski definition) is 1. The Morgan fingerprint density at radius 3 is 2.52 bits per heavy atom. The molecule has 1 unspecified atom stereocenters. The Morgan fingerprint density at radius 2 is 1.95 bits per heavy atom. The van der Waals surface area contributed by atoms with Crippen molar-refractivity contribution in [1.29, 1.82) is 0 Å². The Labute approximate surface area is 127 Å². The van der Waals surface area contributed by atoms with E-state index < -0.39 is 0 Å². The molecule has 1 aromatic rings. The molecule has 2 rings (SSSR count). The molecule has 21 heavy (non-hydrogen) atoms. The van der Waals surface area contributed by atoms with Crippen LogP contribution in [0.3, 0.4) is 0 Å². The zero-order valence-corrected chi connectivity index (χ0v) is 13.1. The molecule has 1 saturated heterocycles. The first-order valence-corrected chi connectivity index (χ1v) is 7.97. The van der Waals surface area contributed by atoms with Gasteiger partial charge >= 0.3 is 0 Å². The number of nitrogens with one attached hydrogen (secondary N) is 1. The van der Waals surface area contributed by atoms with Crippen molar-refractivity contribution in [2.75, 3.05) is 33.3 Å². The predicted molar refractivity (Wildman–Crippen MR) is 83.9 cm³/mol. The maximum atomic E-state index is 13.0. The van der Waals surface area contributed by atoms with Crippen LogP contribution in [-0.2, 0) is 4.74 Å². The Hall–Kier alpha value is -0.970. The zero-order chi connectivity index (χ0) is 15.1. The number of rotatable bonds is 7. The van der Waals surface area contributed by atoms with Crippen molar-refractivity contribution in [2.24, 2.45) is 0 Å². The third-order valence-electron chi connectivity index (χ3n) is 4.32. The smallest absolute Gasteiger partial charge is 0.123 e. The molecule has 1 atom stereocenters. The quantitative estimate of drug-likeness (QED) is 0.837. The van der Waals surface area contributed by atoms with E-state index in [-0.39, 0.29) is 5.82 Å². The van der Waals surface area contributed by atoms with Gasteiger partial charge in [0.2, 0.25) is 0 Å². The van der Waals surface area contributed by atoms with E-state index in [0.717, 1.165) is 45.4 Å². The number of ether oxygens (including phenoxy) is 1. The number of hydrogen-bond acceptors (Lipinski definition) is 3. The normalized spacial score (nSPS) is 18.8. The number of methoxy groups -OCH3 is 1. The molecule has 0 saturated carbocycles. The van der Waals surface area contributed by atoms with Gasteiger partial charge in [-0.25, -0.2) is 4.39 Å². The molecule has 1 heterocycles. The lowest BCUT2D eigenvalue weighted by molar-refractivity contribution is 0.0401. The summed E-state index contributed by atoms with van der Waals surface area (Å²) in [5, 5.41) is 3.50. The minimum Gasteiger partial charge on any atom is -0.381 e. The van der Waals surface area contributed by atoms with Crippen LogP contribution >= 0.6 is 0 Å². The largest absolute Gasteiger partial charge is 0.381 e. The van der Waals surface area contributed by atoms with Crippen molar-refractivity contribution in [2.45, 2.75) is 38.3 Å². The predicted octanol–water partition coefficient (Wildman–Crippen LogP) is 2.98. The second kappa shape index (κ2) is 8.47. The van der Waals surface area contributed by atoms with Crippen LogP contribution in [0.5, 0.6) is 0 Å². The van der Waals surface area contributed by atoms with Crippen molar-refractivity contribution in [3.8, 4) is 0 Å². The average molecular weight is 294 g/mol. The van der Waals surface area contributed by atoms with Crippen LogP contribution in [0.2, 0.25) is 0 Å². The summed E-state index contributed by atoms with van der Waals surface area (Å²) in [5.74, 6) is -0.171. The first-order chi connectivity index (χ1) is 10.2. The molecule has 1 N–H and O–H groups in total. The summed E-state index contributed by atoms with van der Waals surface area (Å²) in [6.45, 7) is 6.33. The summed E-state index contributed by atoms with van der Waals surface area (Å²) in [6, 6.07) is 7.17. The zero-order valence-electron chi connectivity index (χ0n) is 13.1. The number of halogens is 1. The molecule has 1 aliphatic rings. The highest BCUT2D eigenvalue weighted by atomic mass is 19.1. The summed E-state index contributed by atoms with van der Waals surface area (Å²) in [6.07, 6.45) is 3.73. The molecule has 1 aromatic carbocycles. The van der Waals surface area contributed by atoms with E-state index in [1.807, 2.05) is 12.1 Å². The monoisotopic (exact) mass is 294 g/mol. The molecule has 0 aromatic heterocycles. The number of piperidine rings is 1. The summed E-state index contributed by atoms with van der Waals surface area (Å²) in [4.78, 5) is 2.50. The molecular weight excluding hydrogens is 267 g/mol. The molecular formula is C17H27FN2O. The van der Waals surface area contributed by atoms with Gasteiger partial charge in [-0.3, -0.25) is 0 Å². The van der Waals surface area contributed by atoms with Gasteiger partial charge in [-0.05, 0) is 50.0 Å². The molecule has 0 aliphatic carbocycles. The Bertz CT molecular complexity index is 402. The fourth-order valence-electron chi connectivity index (χ4n) is 3.01. The van der Waals surface area contributed by atoms with E-state index in [2.05, 4.69) is 17.1 Å². The second-order valence-electron chi connectivity index (χ2n) is 5.73. The highest BCUT2D eigenvalue weighted by Gasteiger charge is 2.19. The minimum absolute atomic E-state index is 0.171. The molecule has 0 radical (unpaired) electrons. The molecule has 118 valence electrons. The molecule has 1 aliphatic heterocycles. The third-order valence-corrected chi connectivity index (χ3v) is 4.32. The molecule has 0 bridgehead atoms. The van der Waals surface area contributed by atoms with Crippen molar-refractivity contribution in [3.05, 3.63) is 35.6 Å².